The first-order valence-electron chi connectivity index (χ1n) is 10.9. The van der Waals surface area contributed by atoms with Gasteiger partial charge in [0, 0.05) is 35.3 Å². The number of nitrogens with one attached hydrogen (secondary N) is 3. The Morgan fingerprint density at radius 3 is 2.82 bits per heavy atom. The summed E-state index contributed by atoms with van der Waals surface area (Å²) in [4.78, 5) is 36.4. The van der Waals surface area contributed by atoms with Gasteiger partial charge in [-0.05, 0) is 37.7 Å². The highest BCUT2D eigenvalue weighted by Gasteiger charge is 2.36. The number of benzene rings is 1. The zero-order chi connectivity index (χ0) is 24.0. The third kappa shape index (κ3) is 4.70. The molecule has 1 saturated heterocycles. The number of aromatic amines is 1. The van der Waals surface area contributed by atoms with Crippen molar-refractivity contribution in [3.05, 3.63) is 51.4 Å². The van der Waals surface area contributed by atoms with E-state index in [1.165, 1.54) is 29.5 Å². The minimum atomic E-state index is -3.37. The van der Waals surface area contributed by atoms with E-state index in [1.54, 1.807) is 6.07 Å². The third-order valence-corrected chi connectivity index (χ3v) is 9.04. The Morgan fingerprint density at radius 1 is 1.21 bits per heavy atom. The number of amides is 2. The molecule has 2 aromatic heterocycles. The first-order chi connectivity index (χ1) is 16.2. The van der Waals surface area contributed by atoms with Crippen LogP contribution >= 0.6 is 11.3 Å². The molecule has 0 saturated carbocycles. The SMILES string of the molecule is CN1CCc2nc(C(=O)N[C@@H]3CS(=O)(=O)CC[C@H]3NC(=O)c3cc4cc(F)ccc4[nH]3)sc2C1. The molecule has 4 heterocycles. The number of likely N-dealkylation sites (N-methyl/N-ethyl adjacent to an activating group) is 1. The molecule has 1 aromatic carbocycles. The lowest BCUT2D eigenvalue weighted by Crippen LogP contribution is -2.58. The van der Waals surface area contributed by atoms with Crippen LogP contribution < -0.4 is 10.6 Å². The molecule has 2 atom stereocenters. The smallest absolute Gasteiger partial charge is 0.280 e. The molecule has 0 aliphatic carbocycles. The van der Waals surface area contributed by atoms with Crippen LogP contribution in [0.4, 0.5) is 4.39 Å². The molecule has 2 aliphatic heterocycles. The van der Waals surface area contributed by atoms with Crippen molar-refractivity contribution < 1.29 is 22.4 Å². The maximum Gasteiger partial charge on any atom is 0.280 e. The Labute approximate surface area is 199 Å². The Hall–Kier alpha value is -2.83. The number of nitrogens with zero attached hydrogens (tertiary/aromatic N) is 2. The van der Waals surface area contributed by atoms with Crippen molar-refractivity contribution in [3.63, 3.8) is 0 Å². The number of halogens is 1. The predicted octanol–water partition coefficient (Wildman–Crippen LogP) is 1.47. The number of fused-ring (bicyclic) bond motifs is 2. The molecule has 1 fully saturated rings. The maximum atomic E-state index is 13.5. The van der Waals surface area contributed by atoms with Gasteiger partial charge < -0.3 is 20.5 Å². The van der Waals surface area contributed by atoms with Gasteiger partial charge in [-0.1, -0.05) is 0 Å². The summed E-state index contributed by atoms with van der Waals surface area (Å²) in [5, 5.41) is 6.49. The maximum absolute atomic E-state index is 13.5. The molecule has 5 rings (SSSR count). The van der Waals surface area contributed by atoms with Crippen molar-refractivity contribution >= 4 is 43.9 Å². The summed E-state index contributed by atoms with van der Waals surface area (Å²) < 4.78 is 38.1. The largest absolute Gasteiger partial charge is 0.351 e. The minimum absolute atomic E-state index is 0.0832. The van der Waals surface area contributed by atoms with Crippen LogP contribution in [0.5, 0.6) is 0 Å². The fourth-order valence-electron chi connectivity index (χ4n) is 4.42. The second-order valence-electron chi connectivity index (χ2n) is 8.85. The van der Waals surface area contributed by atoms with Crippen molar-refractivity contribution in [1.29, 1.82) is 0 Å². The van der Waals surface area contributed by atoms with Crippen LogP contribution in [0, 0.1) is 5.82 Å². The molecular weight excluding hydrogens is 481 g/mol. The quantitative estimate of drug-likeness (QED) is 0.493. The Kier molecular flexibility index (Phi) is 5.90. The summed E-state index contributed by atoms with van der Waals surface area (Å²) in [5.74, 6) is -1.65. The van der Waals surface area contributed by atoms with E-state index >= 15 is 0 Å². The molecular formula is C22H24FN5O4S2. The molecule has 0 radical (unpaired) electrons. The lowest BCUT2D eigenvalue weighted by molar-refractivity contribution is 0.0882. The molecule has 12 heteroatoms. The number of sulfone groups is 1. The van der Waals surface area contributed by atoms with E-state index in [4.69, 9.17) is 0 Å². The van der Waals surface area contributed by atoms with Gasteiger partial charge in [0.05, 0.1) is 29.3 Å². The number of aromatic nitrogens is 2. The molecule has 0 spiro atoms. The average Bonchev–Trinajstić information content (AvgIpc) is 3.38. The standard InChI is InChI=1S/C22H24FN5O4S2/c1-28-6-4-16-19(10-28)33-22(27-16)21(30)26-18-11-34(31,32)7-5-15(18)25-20(29)17-9-12-8-13(23)2-3-14(12)24-17/h2-3,8-9,15,18,24H,4-7,10-11H2,1H3,(H,25,29)(H,26,30)/t15-,18-/m1/s1. The molecule has 2 amide bonds. The molecule has 0 unspecified atom stereocenters. The van der Waals surface area contributed by atoms with Crippen molar-refractivity contribution in [1.82, 2.24) is 25.5 Å². The number of carbonyl (C=O) groups excluding carboxylic acids is 2. The van der Waals surface area contributed by atoms with Gasteiger partial charge in [0.1, 0.15) is 11.5 Å². The van der Waals surface area contributed by atoms with E-state index in [0.717, 1.165) is 30.1 Å². The number of thiazole rings is 1. The van der Waals surface area contributed by atoms with Crippen LogP contribution in [-0.2, 0) is 22.8 Å². The number of rotatable bonds is 4. The van der Waals surface area contributed by atoms with Gasteiger partial charge in [-0.2, -0.15) is 0 Å². The zero-order valence-corrected chi connectivity index (χ0v) is 20.1. The summed E-state index contributed by atoms with van der Waals surface area (Å²) in [6, 6.07) is 4.34. The Morgan fingerprint density at radius 2 is 2.00 bits per heavy atom. The monoisotopic (exact) mass is 505 g/mol. The lowest BCUT2D eigenvalue weighted by Gasteiger charge is -2.32. The van der Waals surface area contributed by atoms with E-state index in [-0.39, 0.29) is 23.6 Å². The topological polar surface area (TPSA) is 124 Å². The predicted molar refractivity (Wildman–Crippen MR) is 126 cm³/mol. The van der Waals surface area contributed by atoms with Crippen molar-refractivity contribution in [2.45, 2.75) is 31.5 Å². The Bertz CT molecular complexity index is 1380. The highest BCUT2D eigenvalue weighted by atomic mass is 32.2. The summed E-state index contributed by atoms with van der Waals surface area (Å²) in [6.45, 7) is 1.60. The minimum Gasteiger partial charge on any atom is -0.351 e. The summed E-state index contributed by atoms with van der Waals surface area (Å²) in [5.41, 5.74) is 1.75. The van der Waals surface area contributed by atoms with E-state index in [2.05, 4.69) is 25.5 Å². The second-order valence-corrected chi connectivity index (χ2v) is 12.2. The van der Waals surface area contributed by atoms with Crippen LogP contribution in [0.15, 0.2) is 24.3 Å². The molecule has 180 valence electrons. The summed E-state index contributed by atoms with van der Waals surface area (Å²) in [7, 11) is -1.36. The first-order valence-corrected chi connectivity index (χ1v) is 13.6. The van der Waals surface area contributed by atoms with Crippen LogP contribution in [0.3, 0.4) is 0 Å². The van der Waals surface area contributed by atoms with E-state index in [9.17, 15) is 22.4 Å². The lowest BCUT2D eigenvalue weighted by atomic mass is 10.1. The number of hydrogen-bond acceptors (Lipinski definition) is 7. The molecule has 3 aromatic rings. The van der Waals surface area contributed by atoms with Crippen LogP contribution in [0.2, 0.25) is 0 Å². The van der Waals surface area contributed by atoms with Gasteiger partial charge in [0.15, 0.2) is 14.8 Å². The fraction of sp³-hybridized carbons (Fsp3) is 0.409. The fourth-order valence-corrected chi connectivity index (χ4v) is 7.15. The van der Waals surface area contributed by atoms with Crippen molar-refractivity contribution in [2.24, 2.45) is 0 Å². The van der Waals surface area contributed by atoms with E-state index < -0.39 is 39.6 Å². The number of H-pyrrole nitrogens is 1. The van der Waals surface area contributed by atoms with Gasteiger partial charge in [-0.3, -0.25) is 9.59 Å². The van der Waals surface area contributed by atoms with E-state index in [1.807, 2.05) is 7.05 Å². The van der Waals surface area contributed by atoms with Crippen LogP contribution in [0.1, 0.15) is 37.3 Å². The highest BCUT2D eigenvalue weighted by molar-refractivity contribution is 7.91. The molecule has 3 N–H and O–H groups in total. The Balaban J connectivity index is 1.32. The van der Waals surface area contributed by atoms with Crippen molar-refractivity contribution in [2.75, 3.05) is 25.1 Å². The van der Waals surface area contributed by atoms with Gasteiger partial charge in [0.2, 0.25) is 0 Å². The number of hydrogen-bond donors (Lipinski definition) is 3. The third-order valence-electron chi connectivity index (χ3n) is 6.24. The second kappa shape index (κ2) is 8.75. The van der Waals surface area contributed by atoms with E-state index in [0.29, 0.717) is 15.9 Å². The van der Waals surface area contributed by atoms with Crippen molar-refractivity contribution in [3.8, 4) is 0 Å². The zero-order valence-electron chi connectivity index (χ0n) is 18.4. The highest BCUT2D eigenvalue weighted by Crippen LogP contribution is 2.25. The van der Waals surface area contributed by atoms with Crippen LogP contribution in [0.25, 0.3) is 10.9 Å². The van der Waals surface area contributed by atoms with Crippen LogP contribution in [-0.4, -0.2) is 72.3 Å². The number of carbonyl (C=O) groups is 2. The first kappa shape index (κ1) is 22.9. The summed E-state index contributed by atoms with van der Waals surface area (Å²) in [6.07, 6.45) is 0.938. The van der Waals surface area contributed by atoms with Gasteiger partial charge in [0.25, 0.3) is 11.8 Å². The summed E-state index contributed by atoms with van der Waals surface area (Å²) >= 11 is 1.31. The van der Waals surface area contributed by atoms with Gasteiger partial charge >= 0.3 is 0 Å². The normalized spacial score (nSPS) is 22.3. The molecule has 34 heavy (non-hydrogen) atoms. The molecule has 0 bridgehead atoms. The molecule has 9 nitrogen and oxygen atoms in total. The van der Waals surface area contributed by atoms with Gasteiger partial charge in [-0.15, -0.1) is 11.3 Å². The average molecular weight is 506 g/mol. The molecule has 2 aliphatic rings. The van der Waals surface area contributed by atoms with Gasteiger partial charge in [-0.25, -0.2) is 17.8 Å².